The molecule has 0 saturated heterocycles. The Hall–Kier alpha value is -3.55. The van der Waals surface area contributed by atoms with Crippen molar-refractivity contribution in [2.24, 2.45) is 5.92 Å². The third kappa shape index (κ3) is 4.12. The maximum Gasteiger partial charge on any atom is 0.335 e. The van der Waals surface area contributed by atoms with Crippen LogP contribution in [0.2, 0.25) is 0 Å². The molecule has 0 aromatic heterocycles. The van der Waals surface area contributed by atoms with Gasteiger partial charge in [0.15, 0.2) is 0 Å². The van der Waals surface area contributed by atoms with E-state index in [1.54, 1.807) is 30.3 Å². The summed E-state index contributed by atoms with van der Waals surface area (Å²) in [6.45, 7) is 0. The quantitative estimate of drug-likeness (QED) is 0.158. The number of nitrogens with one attached hydrogen (secondary N) is 1. The number of alkyl halides is 1. The van der Waals surface area contributed by atoms with Crippen molar-refractivity contribution in [3.05, 3.63) is 112 Å². The van der Waals surface area contributed by atoms with Crippen LogP contribution >= 0.6 is 23.4 Å². The number of para-hydroxylation sites is 1. The van der Waals surface area contributed by atoms with Gasteiger partial charge in [-0.15, -0.1) is 23.4 Å². The van der Waals surface area contributed by atoms with Crippen molar-refractivity contribution in [2.45, 2.75) is 33.9 Å². The highest BCUT2D eigenvalue weighted by molar-refractivity contribution is 8.00. The molecule has 2 aliphatic rings. The molecule has 4 aromatic rings. The van der Waals surface area contributed by atoms with E-state index in [4.69, 9.17) is 11.6 Å². The maximum atomic E-state index is 11.8. The number of carboxylic acid groups (broad SMARTS) is 1. The minimum Gasteiger partial charge on any atom is -0.478 e. The molecular formula is C29H23ClN2O4S. The van der Waals surface area contributed by atoms with Crippen LogP contribution < -0.4 is 5.32 Å². The molecule has 1 aliphatic heterocycles. The lowest BCUT2D eigenvalue weighted by Crippen LogP contribution is -2.31. The van der Waals surface area contributed by atoms with Gasteiger partial charge in [0.25, 0.3) is 5.69 Å². The normalized spacial score (nSPS) is 24.2. The Labute approximate surface area is 222 Å². The van der Waals surface area contributed by atoms with Crippen molar-refractivity contribution < 1.29 is 14.8 Å². The van der Waals surface area contributed by atoms with Crippen molar-refractivity contribution in [3.63, 3.8) is 0 Å². The van der Waals surface area contributed by atoms with Gasteiger partial charge >= 0.3 is 5.97 Å². The number of hydrogen-bond donors (Lipinski definition) is 2. The molecule has 1 fully saturated rings. The van der Waals surface area contributed by atoms with E-state index in [1.165, 1.54) is 23.4 Å². The third-order valence-electron chi connectivity index (χ3n) is 7.56. The van der Waals surface area contributed by atoms with E-state index in [1.807, 2.05) is 18.2 Å². The number of rotatable bonds is 5. The predicted octanol–water partition coefficient (Wildman–Crippen LogP) is 7.48. The maximum absolute atomic E-state index is 11.8. The highest BCUT2D eigenvalue weighted by Crippen LogP contribution is 2.58. The molecule has 8 heteroatoms. The van der Waals surface area contributed by atoms with Crippen LogP contribution in [0.3, 0.4) is 0 Å². The third-order valence-corrected chi connectivity index (χ3v) is 9.67. The summed E-state index contributed by atoms with van der Waals surface area (Å²) in [5.74, 6) is -1.02. The van der Waals surface area contributed by atoms with E-state index >= 15 is 0 Å². The topological polar surface area (TPSA) is 92.5 Å². The summed E-state index contributed by atoms with van der Waals surface area (Å²) in [6, 6.07) is 26.5. The number of aromatic carboxylic acids is 1. The van der Waals surface area contributed by atoms with E-state index in [-0.39, 0.29) is 44.7 Å². The second-order valence-electron chi connectivity index (χ2n) is 9.55. The van der Waals surface area contributed by atoms with E-state index in [0.29, 0.717) is 4.90 Å². The molecule has 0 bridgehead atoms. The number of benzene rings is 4. The SMILES string of the molecule is O=C(O)c1ccc2c(c1)[C@@H]1[C@H](Cl)[C@H](Sc3ccccc3[N+](=O)[O-])C[C@@H]1[C@H](c1cccc3ccccc13)N2. The minimum atomic E-state index is -0.981. The number of halogens is 1. The summed E-state index contributed by atoms with van der Waals surface area (Å²) >= 11 is 8.65. The Morgan fingerprint density at radius 3 is 2.57 bits per heavy atom. The van der Waals surface area contributed by atoms with Crippen LogP contribution in [0.1, 0.15) is 39.9 Å². The Morgan fingerprint density at radius 2 is 1.76 bits per heavy atom. The number of anilines is 1. The Balaban J connectivity index is 1.46. The summed E-state index contributed by atoms with van der Waals surface area (Å²) in [5.41, 5.74) is 3.24. The molecule has 0 spiro atoms. The highest BCUT2D eigenvalue weighted by atomic mass is 35.5. The van der Waals surface area contributed by atoms with Crippen LogP contribution in [-0.2, 0) is 0 Å². The van der Waals surface area contributed by atoms with Crippen molar-refractivity contribution >= 4 is 51.5 Å². The molecular weight excluding hydrogens is 508 g/mol. The first kappa shape index (κ1) is 23.8. The van der Waals surface area contributed by atoms with Gasteiger partial charge in [-0.3, -0.25) is 10.1 Å². The molecule has 1 aliphatic carbocycles. The van der Waals surface area contributed by atoms with Gasteiger partial charge in [0, 0.05) is 22.9 Å². The molecule has 1 heterocycles. The molecule has 2 N–H and O–H groups in total. The summed E-state index contributed by atoms with van der Waals surface area (Å²) in [4.78, 5) is 23.7. The molecule has 0 amide bonds. The lowest BCUT2D eigenvalue weighted by atomic mass is 9.76. The number of fused-ring (bicyclic) bond motifs is 4. The molecule has 1 saturated carbocycles. The second kappa shape index (κ2) is 9.39. The van der Waals surface area contributed by atoms with Gasteiger partial charge < -0.3 is 10.4 Å². The van der Waals surface area contributed by atoms with Crippen LogP contribution in [0.15, 0.2) is 89.8 Å². The number of nitrogens with zero attached hydrogens (tertiary/aromatic N) is 1. The fourth-order valence-corrected chi connectivity index (χ4v) is 7.89. The molecule has 0 radical (unpaired) electrons. The second-order valence-corrected chi connectivity index (χ2v) is 11.3. The smallest absolute Gasteiger partial charge is 0.335 e. The zero-order chi connectivity index (χ0) is 25.7. The molecule has 186 valence electrons. The molecule has 4 aromatic carbocycles. The number of nitro benzene ring substituents is 1. The number of carboxylic acids is 1. The van der Waals surface area contributed by atoms with Crippen molar-refractivity contribution in [2.75, 3.05) is 5.32 Å². The van der Waals surface area contributed by atoms with Crippen LogP contribution in [0.25, 0.3) is 10.8 Å². The molecule has 37 heavy (non-hydrogen) atoms. The number of nitro groups is 1. The van der Waals surface area contributed by atoms with E-state index in [9.17, 15) is 20.0 Å². The first-order valence-electron chi connectivity index (χ1n) is 12.1. The van der Waals surface area contributed by atoms with Crippen molar-refractivity contribution in [3.8, 4) is 0 Å². The van der Waals surface area contributed by atoms with Crippen molar-refractivity contribution in [1.82, 2.24) is 0 Å². The first-order chi connectivity index (χ1) is 17.9. The van der Waals surface area contributed by atoms with Gasteiger partial charge in [-0.2, -0.15) is 0 Å². The highest BCUT2D eigenvalue weighted by Gasteiger charge is 2.50. The summed E-state index contributed by atoms with van der Waals surface area (Å²) < 4.78 is 0. The standard InChI is InChI=1S/C29H23ClN2O4S/c30-27-25(37-24-11-4-3-10-23(24)32(35)36)15-21-26(27)20-14-17(29(33)34)12-13-22(20)31-28(21)19-9-5-7-16-6-1-2-8-18(16)19/h1-14,21,25-28,31H,15H2,(H,33,34)/t21-,25+,26-,27+,28-/m0/s1. The number of carbonyl (C=O) groups is 1. The van der Waals surface area contributed by atoms with E-state index in [0.717, 1.165) is 28.4 Å². The van der Waals surface area contributed by atoms with Gasteiger partial charge in [0.05, 0.1) is 26.8 Å². The van der Waals surface area contributed by atoms with Gasteiger partial charge in [0.2, 0.25) is 0 Å². The lowest BCUT2D eigenvalue weighted by molar-refractivity contribution is -0.387. The zero-order valence-corrected chi connectivity index (χ0v) is 21.2. The van der Waals surface area contributed by atoms with Gasteiger partial charge in [-0.05, 0) is 58.5 Å². The molecule has 6 nitrogen and oxygen atoms in total. The zero-order valence-electron chi connectivity index (χ0n) is 19.6. The lowest BCUT2D eigenvalue weighted by Gasteiger charge is -2.39. The van der Waals surface area contributed by atoms with Crippen molar-refractivity contribution in [1.29, 1.82) is 0 Å². The molecule has 6 rings (SSSR count). The largest absolute Gasteiger partial charge is 0.478 e. The van der Waals surface area contributed by atoms with Gasteiger partial charge in [-0.25, -0.2) is 4.79 Å². The summed E-state index contributed by atoms with van der Waals surface area (Å²) in [6.07, 6.45) is 0.729. The summed E-state index contributed by atoms with van der Waals surface area (Å²) in [5, 5.41) is 26.9. The average Bonchev–Trinajstić information content (AvgIpc) is 3.23. The van der Waals surface area contributed by atoms with Crippen LogP contribution in [0.4, 0.5) is 11.4 Å². The molecule has 5 atom stereocenters. The first-order valence-corrected chi connectivity index (χ1v) is 13.4. The van der Waals surface area contributed by atoms with Gasteiger partial charge in [-0.1, -0.05) is 54.6 Å². The predicted molar refractivity (Wildman–Crippen MR) is 147 cm³/mol. The van der Waals surface area contributed by atoms with Crippen LogP contribution in [0, 0.1) is 16.0 Å². The monoisotopic (exact) mass is 530 g/mol. The Bertz CT molecular complexity index is 1540. The Morgan fingerprint density at radius 1 is 1.00 bits per heavy atom. The van der Waals surface area contributed by atoms with Crippen LogP contribution in [-0.4, -0.2) is 26.6 Å². The number of thioether (sulfide) groups is 1. The Kier molecular flexibility index (Phi) is 6.05. The molecule has 0 unspecified atom stereocenters. The van der Waals surface area contributed by atoms with E-state index < -0.39 is 5.97 Å². The fourth-order valence-electron chi connectivity index (χ4n) is 5.95. The minimum absolute atomic E-state index is 0.0445. The van der Waals surface area contributed by atoms with Crippen LogP contribution in [0.5, 0.6) is 0 Å². The average molecular weight is 531 g/mol. The number of hydrogen-bond acceptors (Lipinski definition) is 5. The fraction of sp³-hybridized carbons (Fsp3) is 0.207. The van der Waals surface area contributed by atoms with E-state index in [2.05, 4.69) is 35.6 Å². The van der Waals surface area contributed by atoms with Gasteiger partial charge in [0.1, 0.15) is 0 Å². The summed E-state index contributed by atoms with van der Waals surface area (Å²) in [7, 11) is 0.